The third-order valence-electron chi connectivity index (χ3n) is 8.38. The number of benzene rings is 1. The van der Waals surface area contributed by atoms with Gasteiger partial charge in [0.2, 0.25) is 11.9 Å². The molecule has 1 aromatic carbocycles. The molecule has 2 N–H and O–H groups in total. The summed E-state index contributed by atoms with van der Waals surface area (Å²) in [5, 5.41) is 7.18. The average Bonchev–Trinajstić information content (AvgIpc) is 3.82. The number of fused-ring (bicyclic) bond motifs is 1. The number of hydrogen-bond donors (Lipinski definition) is 2. The first-order valence-electron chi connectivity index (χ1n) is 14.6. The number of aromatic nitrogens is 3. The van der Waals surface area contributed by atoms with E-state index < -0.39 is 5.92 Å². The van der Waals surface area contributed by atoms with Gasteiger partial charge in [0, 0.05) is 101 Å². The SMILES string of the molecule is CC(=O)N1CCN(c2ncc(C(CNC(=O)c3cccc4nc(NC5CC5)ccc34)N3CCC(F)(F)CC3)cn2)CC1. The van der Waals surface area contributed by atoms with Crippen molar-refractivity contribution in [2.75, 3.05) is 56.0 Å². The van der Waals surface area contributed by atoms with Crippen LogP contribution in [0.25, 0.3) is 10.9 Å². The van der Waals surface area contributed by atoms with E-state index in [2.05, 4.69) is 25.6 Å². The second-order valence-electron chi connectivity index (χ2n) is 11.4. The zero-order valence-electron chi connectivity index (χ0n) is 23.7. The maximum absolute atomic E-state index is 14.0. The molecule has 2 saturated heterocycles. The number of rotatable bonds is 8. The Hall–Kier alpha value is -3.93. The summed E-state index contributed by atoms with van der Waals surface area (Å²) in [6, 6.07) is 9.40. The average molecular weight is 579 g/mol. The van der Waals surface area contributed by atoms with Gasteiger partial charge in [0.25, 0.3) is 11.8 Å². The van der Waals surface area contributed by atoms with E-state index in [1.807, 2.05) is 34.1 Å². The van der Waals surface area contributed by atoms with Crippen LogP contribution in [0.5, 0.6) is 0 Å². The molecule has 10 nitrogen and oxygen atoms in total. The molecule has 2 amide bonds. The van der Waals surface area contributed by atoms with Crippen molar-refractivity contribution in [3.63, 3.8) is 0 Å². The van der Waals surface area contributed by atoms with Crippen molar-refractivity contribution in [3.05, 3.63) is 53.9 Å². The van der Waals surface area contributed by atoms with Crippen molar-refractivity contribution in [2.45, 2.75) is 50.6 Å². The smallest absolute Gasteiger partial charge is 0.252 e. The molecular weight excluding hydrogens is 542 g/mol. The number of anilines is 2. The minimum Gasteiger partial charge on any atom is -0.367 e. The van der Waals surface area contributed by atoms with Crippen LogP contribution in [-0.2, 0) is 4.79 Å². The number of amides is 2. The Morgan fingerprint density at radius 3 is 2.38 bits per heavy atom. The van der Waals surface area contributed by atoms with Crippen LogP contribution in [0, 0.1) is 0 Å². The molecule has 3 fully saturated rings. The first-order chi connectivity index (χ1) is 20.3. The Kier molecular flexibility index (Phi) is 7.89. The number of halogens is 2. The summed E-state index contributed by atoms with van der Waals surface area (Å²) in [5.41, 5.74) is 2.00. The molecule has 4 heterocycles. The highest BCUT2D eigenvalue weighted by Crippen LogP contribution is 2.32. The fraction of sp³-hybridized carbons (Fsp3) is 0.500. The highest BCUT2D eigenvalue weighted by Gasteiger charge is 2.37. The largest absolute Gasteiger partial charge is 0.367 e. The molecule has 0 bridgehead atoms. The van der Waals surface area contributed by atoms with Gasteiger partial charge in [0.15, 0.2) is 0 Å². The lowest BCUT2D eigenvalue weighted by molar-refractivity contribution is -0.129. The Morgan fingerprint density at radius 1 is 1.00 bits per heavy atom. The van der Waals surface area contributed by atoms with Gasteiger partial charge >= 0.3 is 0 Å². The first-order valence-corrected chi connectivity index (χ1v) is 14.6. The second kappa shape index (κ2) is 11.7. The number of piperazine rings is 1. The van der Waals surface area contributed by atoms with E-state index in [9.17, 15) is 18.4 Å². The van der Waals surface area contributed by atoms with E-state index in [0.717, 1.165) is 35.1 Å². The number of nitrogens with one attached hydrogen (secondary N) is 2. The van der Waals surface area contributed by atoms with Gasteiger partial charge in [-0.3, -0.25) is 14.5 Å². The van der Waals surface area contributed by atoms with E-state index in [0.29, 0.717) is 43.7 Å². The van der Waals surface area contributed by atoms with Crippen LogP contribution in [0.15, 0.2) is 42.7 Å². The second-order valence-corrected chi connectivity index (χ2v) is 11.4. The molecule has 1 atom stereocenters. The fourth-order valence-corrected chi connectivity index (χ4v) is 5.66. The van der Waals surface area contributed by atoms with Crippen molar-refractivity contribution in [1.82, 2.24) is 30.1 Å². The van der Waals surface area contributed by atoms with Crippen LogP contribution in [0.1, 0.15) is 54.6 Å². The summed E-state index contributed by atoms with van der Waals surface area (Å²) in [5.74, 6) is -1.52. The van der Waals surface area contributed by atoms with Gasteiger partial charge in [-0.05, 0) is 37.1 Å². The molecule has 42 heavy (non-hydrogen) atoms. The zero-order chi connectivity index (χ0) is 29.3. The van der Waals surface area contributed by atoms with E-state index in [4.69, 9.17) is 0 Å². The third-order valence-corrected chi connectivity index (χ3v) is 8.38. The summed E-state index contributed by atoms with van der Waals surface area (Å²) in [7, 11) is 0. The number of pyridine rings is 1. The molecule has 222 valence electrons. The number of likely N-dealkylation sites (tertiary alicyclic amines) is 1. The highest BCUT2D eigenvalue weighted by atomic mass is 19.3. The predicted molar refractivity (Wildman–Crippen MR) is 156 cm³/mol. The number of hydrogen-bond acceptors (Lipinski definition) is 8. The monoisotopic (exact) mass is 578 g/mol. The summed E-state index contributed by atoms with van der Waals surface area (Å²) in [4.78, 5) is 44.7. The summed E-state index contributed by atoms with van der Waals surface area (Å²) in [6.07, 6.45) is 5.26. The number of alkyl halides is 2. The minimum atomic E-state index is -2.68. The lowest BCUT2D eigenvalue weighted by Crippen LogP contribution is -2.48. The third kappa shape index (κ3) is 6.43. The van der Waals surface area contributed by atoms with E-state index in [1.54, 1.807) is 30.3 Å². The number of carbonyl (C=O) groups is 2. The van der Waals surface area contributed by atoms with Crippen LogP contribution in [0.3, 0.4) is 0 Å². The molecule has 3 aliphatic rings. The van der Waals surface area contributed by atoms with Gasteiger partial charge < -0.3 is 20.4 Å². The van der Waals surface area contributed by atoms with Gasteiger partial charge in [-0.2, -0.15) is 0 Å². The van der Waals surface area contributed by atoms with Crippen molar-refractivity contribution < 1.29 is 18.4 Å². The van der Waals surface area contributed by atoms with Crippen LogP contribution in [0.4, 0.5) is 20.5 Å². The van der Waals surface area contributed by atoms with E-state index >= 15 is 0 Å². The van der Waals surface area contributed by atoms with Crippen LogP contribution in [-0.4, -0.2) is 94.3 Å². The highest BCUT2D eigenvalue weighted by molar-refractivity contribution is 6.06. The number of carbonyl (C=O) groups excluding carboxylic acids is 2. The van der Waals surface area contributed by atoms with Crippen molar-refractivity contribution in [3.8, 4) is 0 Å². The van der Waals surface area contributed by atoms with Crippen LogP contribution >= 0.6 is 0 Å². The van der Waals surface area contributed by atoms with Crippen molar-refractivity contribution >= 4 is 34.5 Å². The van der Waals surface area contributed by atoms with Gasteiger partial charge in [0.05, 0.1) is 11.6 Å². The normalized spacial score (nSPS) is 19.9. The lowest BCUT2D eigenvalue weighted by atomic mass is 10.0. The molecule has 2 aliphatic heterocycles. The first kappa shape index (κ1) is 28.2. The topological polar surface area (TPSA) is 107 Å². The van der Waals surface area contributed by atoms with Gasteiger partial charge in [0.1, 0.15) is 5.82 Å². The molecule has 12 heteroatoms. The summed E-state index contributed by atoms with van der Waals surface area (Å²) < 4.78 is 28.0. The van der Waals surface area contributed by atoms with Crippen molar-refractivity contribution in [2.24, 2.45) is 0 Å². The molecule has 6 rings (SSSR count). The van der Waals surface area contributed by atoms with Crippen LogP contribution in [0.2, 0.25) is 0 Å². The zero-order valence-corrected chi connectivity index (χ0v) is 23.7. The molecule has 1 unspecified atom stereocenters. The Morgan fingerprint density at radius 2 is 1.71 bits per heavy atom. The fourth-order valence-electron chi connectivity index (χ4n) is 5.66. The summed E-state index contributed by atoms with van der Waals surface area (Å²) in [6.45, 7) is 4.69. The molecule has 1 saturated carbocycles. The molecular formula is C30H36F2N8O2. The van der Waals surface area contributed by atoms with Crippen LogP contribution < -0.4 is 15.5 Å². The summed E-state index contributed by atoms with van der Waals surface area (Å²) >= 11 is 0. The molecule has 0 radical (unpaired) electrons. The maximum atomic E-state index is 14.0. The minimum absolute atomic E-state index is 0.0537. The Bertz CT molecular complexity index is 1430. The quantitative estimate of drug-likeness (QED) is 0.419. The molecule has 0 spiro atoms. The van der Waals surface area contributed by atoms with E-state index in [-0.39, 0.29) is 50.3 Å². The van der Waals surface area contributed by atoms with Gasteiger partial charge in [-0.25, -0.2) is 23.7 Å². The van der Waals surface area contributed by atoms with Gasteiger partial charge in [-0.1, -0.05) is 6.07 Å². The molecule has 2 aromatic heterocycles. The lowest BCUT2D eigenvalue weighted by Gasteiger charge is -2.38. The Balaban J connectivity index is 1.17. The van der Waals surface area contributed by atoms with Crippen molar-refractivity contribution in [1.29, 1.82) is 0 Å². The Labute approximate surface area is 243 Å². The molecule has 3 aromatic rings. The standard InChI is InChI=1S/C30H36F2N8O2/c1-20(41)38-13-15-40(16-14-38)29-34-17-21(18-35-29)26(39-11-9-30(31,32)10-12-39)19-33-28(42)24-3-2-4-25-23(24)7-8-27(37-25)36-22-5-6-22/h2-4,7-8,17-18,22,26H,5-6,9-16,19H2,1H3,(H,33,42)(H,36,37). The van der Waals surface area contributed by atoms with Gasteiger partial charge in [-0.15, -0.1) is 0 Å². The number of piperidine rings is 1. The molecule has 1 aliphatic carbocycles. The maximum Gasteiger partial charge on any atom is 0.252 e. The number of nitrogens with zero attached hydrogens (tertiary/aromatic N) is 6. The van der Waals surface area contributed by atoms with E-state index in [1.165, 1.54) is 0 Å². The predicted octanol–water partition coefficient (Wildman–Crippen LogP) is 3.47.